The average molecular weight is 324 g/mol. The van der Waals surface area contributed by atoms with Crippen molar-refractivity contribution in [3.8, 4) is 0 Å². The number of rotatable bonds is 4. The van der Waals surface area contributed by atoms with Crippen LogP contribution in [0.2, 0.25) is 5.02 Å². The maximum atomic E-state index is 11.8. The van der Waals surface area contributed by atoms with Gasteiger partial charge < -0.3 is 16.0 Å². The van der Waals surface area contributed by atoms with Gasteiger partial charge in [-0.1, -0.05) is 36.9 Å². The van der Waals surface area contributed by atoms with Crippen LogP contribution < -0.4 is 16.0 Å². The summed E-state index contributed by atoms with van der Waals surface area (Å²) in [4.78, 5) is 23.6. The number of carbonyl (C=O) groups excluding carboxylic acids is 2. The molecule has 3 amide bonds. The van der Waals surface area contributed by atoms with Crippen molar-refractivity contribution in [1.82, 2.24) is 10.6 Å². The number of aryl methyl sites for hydroxylation is 1. The summed E-state index contributed by atoms with van der Waals surface area (Å²) in [5.41, 5.74) is 1.57. The molecule has 1 fully saturated rings. The molecule has 0 atom stereocenters. The lowest BCUT2D eigenvalue weighted by molar-refractivity contribution is -0.115. The molecule has 0 radical (unpaired) electrons. The van der Waals surface area contributed by atoms with Crippen molar-refractivity contribution in [1.29, 1.82) is 0 Å². The Morgan fingerprint density at radius 2 is 1.95 bits per heavy atom. The van der Waals surface area contributed by atoms with Gasteiger partial charge in [0.2, 0.25) is 5.91 Å². The van der Waals surface area contributed by atoms with Gasteiger partial charge in [0.05, 0.1) is 17.3 Å². The van der Waals surface area contributed by atoms with Crippen molar-refractivity contribution >= 4 is 29.2 Å². The molecule has 0 heterocycles. The van der Waals surface area contributed by atoms with Crippen LogP contribution in [0.3, 0.4) is 0 Å². The summed E-state index contributed by atoms with van der Waals surface area (Å²) in [7, 11) is 0. The highest BCUT2D eigenvalue weighted by Gasteiger charge is 2.16. The number of benzene rings is 1. The minimum atomic E-state index is -0.301. The van der Waals surface area contributed by atoms with Crippen LogP contribution in [0.4, 0.5) is 10.5 Å². The van der Waals surface area contributed by atoms with Crippen molar-refractivity contribution in [2.24, 2.45) is 0 Å². The van der Waals surface area contributed by atoms with Crippen LogP contribution in [0.15, 0.2) is 18.2 Å². The summed E-state index contributed by atoms with van der Waals surface area (Å²) < 4.78 is 0. The van der Waals surface area contributed by atoms with E-state index in [1.54, 1.807) is 12.1 Å². The van der Waals surface area contributed by atoms with Crippen LogP contribution in [0.25, 0.3) is 0 Å². The highest BCUT2D eigenvalue weighted by molar-refractivity contribution is 6.33. The summed E-state index contributed by atoms with van der Waals surface area (Å²) in [5.74, 6) is -0.301. The number of anilines is 1. The monoisotopic (exact) mass is 323 g/mol. The third-order valence-electron chi connectivity index (χ3n) is 3.75. The summed E-state index contributed by atoms with van der Waals surface area (Å²) in [5, 5.41) is 8.65. The molecule has 1 aromatic rings. The summed E-state index contributed by atoms with van der Waals surface area (Å²) in [6.07, 6.45) is 5.56. The second kappa shape index (κ2) is 8.03. The van der Waals surface area contributed by atoms with E-state index in [1.807, 2.05) is 13.0 Å². The molecule has 5 nitrogen and oxygen atoms in total. The highest BCUT2D eigenvalue weighted by atomic mass is 35.5. The molecule has 1 aliphatic rings. The van der Waals surface area contributed by atoms with Crippen molar-refractivity contribution in [2.75, 3.05) is 11.9 Å². The van der Waals surface area contributed by atoms with Gasteiger partial charge in [0.15, 0.2) is 0 Å². The predicted molar refractivity (Wildman–Crippen MR) is 88.2 cm³/mol. The second-order valence-electron chi connectivity index (χ2n) is 5.69. The van der Waals surface area contributed by atoms with E-state index < -0.39 is 0 Å². The fraction of sp³-hybridized carbons (Fsp3) is 0.500. The largest absolute Gasteiger partial charge is 0.335 e. The molecular formula is C16H22ClN3O2. The van der Waals surface area contributed by atoms with Crippen molar-refractivity contribution in [3.63, 3.8) is 0 Å². The minimum absolute atomic E-state index is 0.0806. The minimum Gasteiger partial charge on any atom is -0.335 e. The summed E-state index contributed by atoms with van der Waals surface area (Å²) in [6.45, 7) is 1.84. The van der Waals surface area contributed by atoms with E-state index in [1.165, 1.54) is 6.42 Å². The van der Waals surface area contributed by atoms with Crippen molar-refractivity contribution in [2.45, 2.75) is 45.1 Å². The highest BCUT2D eigenvalue weighted by Crippen LogP contribution is 2.22. The molecule has 120 valence electrons. The normalized spacial score (nSPS) is 15.2. The Morgan fingerprint density at radius 3 is 2.64 bits per heavy atom. The molecule has 6 heteroatoms. The van der Waals surface area contributed by atoms with Gasteiger partial charge in [-0.3, -0.25) is 4.79 Å². The van der Waals surface area contributed by atoms with Crippen molar-refractivity contribution in [3.05, 3.63) is 28.8 Å². The third kappa shape index (κ3) is 5.22. The molecule has 0 spiro atoms. The van der Waals surface area contributed by atoms with E-state index in [-0.39, 0.29) is 24.5 Å². The lowest BCUT2D eigenvalue weighted by Gasteiger charge is -2.22. The SMILES string of the molecule is Cc1ccc(NC(=O)CNC(=O)NC2CCCCC2)c(Cl)c1. The molecular weight excluding hydrogens is 302 g/mol. The van der Waals surface area contributed by atoms with Gasteiger partial charge in [-0.15, -0.1) is 0 Å². The fourth-order valence-corrected chi connectivity index (χ4v) is 2.84. The van der Waals surface area contributed by atoms with Gasteiger partial charge in [0.25, 0.3) is 0 Å². The van der Waals surface area contributed by atoms with E-state index in [4.69, 9.17) is 11.6 Å². The smallest absolute Gasteiger partial charge is 0.315 e. The van der Waals surface area contributed by atoms with Gasteiger partial charge >= 0.3 is 6.03 Å². The standard InChI is InChI=1S/C16H22ClN3O2/c1-11-7-8-14(13(17)9-11)20-15(21)10-18-16(22)19-12-5-3-2-4-6-12/h7-9,12H,2-6,10H2,1H3,(H,20,21)(H2,18,19,22). The van der Waals surface area contributed by atoms with Crippen molar-refractivity contribution < 1.29 is 9.59 Å². The molecule has 0 aliphatic heterocycles. The molecule has 1 aromatic carbocycles. The number of nitrogens with one attached hydrogen (secondary N) is 3. The molecule has 1 saturated carbocycles. The predicted octanol–water partition coefficient (Wildman–Crippen LogP) is 3.22. The van der Waals surface area contributed by atoms with Crippen LogP contribution in [-0.2, 0) is 4.79 Å². The summed E-state index contributed by atoms with van der Waals surface area (Å²) in [6, 6.07) is 5.32. The van der Waals surface area contributed by atoms with E-state index >= 15 is 0 Å². The second-order valence-corrected chi connectivity index (χ2v) is 6.10. The van der Waals surface area contributed by atoms with Gasteiger partial charge in [-0.2, -0.15) is 0 Å². The molecule has 0 unspecified atom stereocenters. The third-order valence-corrected chi connectivity index (χ3v) is 4.06. The number of urea groups is 1. The van der Waals surface area contributed by atoms with E-state index in [0.29, 0.717) is 10.7 Å². The first kappa shape index (κ1) is 16.6. The fourth-order valence-electron chi connectivity index (χ4n) is 2.56. The van der Waals surface area contributed by atoms with E-state index in [9.17, 15) is 9.59 Å². The lowest BCUT2D eigenvalue weighted by atomic mass is 9.96. The number of halogens is 1. The number of amides is 3. The van der Waals surface area contributed by atoms with E-state index in [0.717, 1.165) is 31.2 Å². The first-order valence-corrected chi connectivity index (χ1v) is 8.03. The zero-order chi connectivity index (χ0) is 15.9. The molecule has 22 heavy (non-hydrogen) atoms. The molecule has 0 bridgehead atoms. The molecule has 0 aromatic heterocycles. The Balaban J connectivity index is 1.73. The first-order chi connectivity index (χ1) is 10.5. The maximum Gasteiger partial charge on any atom is 0.315 e. The number of hydrogen-bond acceptors (Lipinski definition) is 2. The van der Waals surface area contributed by atoms with Crippen LogP contribution in [0, 0.1) is 6.92 Å². The number of carbonyl (C=O) groups is 2. The quantitative estimate of drug-likeness (QED) is 0.796. The van der Waals surface area contributed by atoms with E-state index in [2.05, 4.69) is 16.0 Å². The Kier molecular flexibility index (Phi) is 6.07. The average Bonchev–Trinajstić information content (AvgIpc) is 2.49. The van der Waals surface area contributed by atoms with Crippen LogP contribution in [0.1, 0.15) is 37.7 Å². The zero-order valence-corrected chi connectivity index (χ0v) is 13.5. The Morgan fingerprint density at radius 1 is 1.23 bits per heavy atom. The zero-order valence-electron chi connectivity index (χ0n) is 12.7. The van der Waals surface area contributed by atoms with Gasteiger partial charge in [-0.05, 0) is 37.5 Å². The first-order valence-electron chi connectivity index (χ1n) is 7.65. The Bertz CT molecular complexity index is 542. The molecule has 1 aliphatic carbocycles. The lowest BCUT2D eigenvalue weighted by Crippen LogP contribution is -2.45. The van der Waals surface area contributed by atoms with Crippen LogP contribution in [0.5, 0.6) is 0 Å². The molecule has 0 saturated heterocycles. The Hall–Kier alpha value is -1.75. The molecule has 2 rings (SSSR count). The van der Waals surface area contributed by atoms with Crippen LogP contribution >= 0.6 is 11.6 Å². The number of hydrogen-bond donors (Lipinski definition) is 3. The topological polar surface area (TPSA) is 70.2 Å². The van der Waals surface area contributed by atoms with Gasteiger partial charge in [0.1, 0.15) is 0 Å². The van der Waals surface area contributed by atoms with Gasteiger partial charge in [-0.25, -0.2) is 4.79 Å². The Labute approximate surface area is 135 Å². The maximum absolute atomic E-state index is 11.8. The van der Waals surface area contributed by atoms with Crippen LogP contribution in [-0.4, -0.2) is 24.5 Å². The molecule has 3 N–H and O–H groups in total. The summed E-state index contributed by atoms with van der Waals surface area (Å²) >= 11 is 6.05. The van der Waals surface area contributed by atoms with Gasteiger partial charge in [0, 0.05) is 6.04 Å².